The van der Waals surface area contributed by atoms with Gasteiger partial charge in [0.2, 0.25) is 0 Å². The van der Waals surface area contributed by atoms with Gasteiger partial charge in [-0.15, -0.1) is 0 Å². The lowest BCUT2D eigenvalue weighted by Crippen LogP contribution is -2.47. The normalized spacial score (nSPS) is 24.1. The highest BCUT2D eigenvalue weighted by molar-refractivity contribution is 6.74. The van der Waals surface area contributed by atoms with Crippen molar-refractivity contribution in [3.8, 4) is 0 Å². The lowest BCUT2D eigenvalue weighted by Gasteiger charge is -2.40. The van der Waals surface area contributed by atoms with Gasteiger partial charge in [-0.25, -0.2) is 0 Å². The van der Waals surface area contributed by atoms with Crippen LogP contribution in [0.2, 0.25) is 18.1 Å². The van der Waals surface area contributed by atoms with Crippen LogP contribution in [0, 0.1) is 0 Å². The molecule has 2 heterocycles. The summed E-state index contributed by atoms with van der Waals surface area (Å²) in [7, 11) is -1.78. The van der Waals surface area contributed by atoms with E-state index in [4.69, 9.17) is 13.6 Å². The van der Waals surface area contributed by atoms with Gasteiger partial charge in [0.25, 0.3) is 0 Å². The Morgan fingerprint density at radius 1 is 1.30 bits per heavy atom. The standard InChI is InChI=1S/C19H34O3Si/c1-7-8-10-18(22-23(5,6)19(2,3)4)17-13-12-16(21-17)15-11-9-14-20-15/h9,11,14,16-18H,7-8,10,12-13H2,1-6H3/t16-,17-,18-/m0/s1. The van der Waals surface area contributed by atoms with Crippen molar-refractivity contribution in [2.75, 3.05) is 0 Å². The second-order valence-electron chi connectivity index (χ2n) is 8.31. The summed E-state index contributed by atoms with van der Waals surface area (Å²) >= 11 is 0. The van der Waals surface area contributed by atoms with Gasteiger partial charge in [-0.3, -0.25) is 0 Å². The summed E-state index contributed by atoms with van der Waals surface area (Å²) < 4.78 is 18.6. The summed E-state index contributed by atoms with van der Waals surface area (Å²) in [6, 6.07) is 3.95. The van der Waals surface area contributed by atoms with E-state index < -0.39 is 8.32 Å². The van der Waals surface area contributed by atoms with Gasteiger partial charge in [-0.05, 0) is 49.5 Å². The maximum absolute atomic E-state index is 6.74. The summed E-state index contributed by atoms with van der Waals surface area (Å²) in [5.74, 6) is 0.953. The van der Waals surface area contributed by atoms with E-state index >= 15 is 0 Å². The van der Waals surface area contributed by atoms with Gasteiger partial charge < -0.3 is 13.6 Å². The molecule has 0 unspecified atom stereocenters. The highest BCUT2D eigenvalue weighted by atomic mass is 28.4. The molecule has 1 aromatic heterocycles. The Kier molecular flexibility index (Phi) is 6.14. The van der Waals surface area contributed by atoms with E-state index in [0.29, 0.717) is 0 Å². The van der Waals surface area contributed by atoms with Crippen molar-refractivity contribution in [2.45, 2.75) is 96.2 Å². The smallest absolute Gasteiger partial charge is 0.192 e. The Morgan fingerprint density at radius 2 is 2.04 bits per heavy atom. The summed E-state index contributed by atoms with van der Waals surface area (Å²) in [5.41, 5.74) is 0. The molecule has 0 radical (unpaired) electrons. The Morgan fingerprint density at radius 3 is 2.61 bits per heavy atom. The molecule has 0 aromatic carbocycles. The van der Waals surface area contributed by atoms with Crippen LogP contribution in [0.25, 0.3) is 0 Å². The molecule has 132 valence electrons. The third kappa shape index (κ3) is 4.71. The van der Waals surface area contributed by atoms with Crippen LogP contribution in [0.3, 0.4) is 0 Å². The minimum absolute atomic E-state index is 0.0992. The average molecular weight is 339 g/mol. The van der Waals surface area contributed by atoms with E-state index in [2.05, 4.69) is 40.8 Å². The summed E-state index contributed by atoms with van der Waals surface area (Å²) in [5, 5.41) is 0.233. The predicted molar refractivity (Wildman–Crippen MR) is 97.2 cm³/mol. The molecule has 0 saturated carbocycles. The summed E-state index contributed by atoms with van der Waals surface area (Å²) in [6.45, 7) is 13.8. The zero-order valence-electron chi connectivity index (χ0n) is 15.7. The molecule has 1 aliphatic rings. The molecule has 1 fully saturated rings. The molecule has 23 heavy (non-hydrogen) atoms. The minimum Gasteiger partial charge on any atom is -0.467 e. The zero-order chi connectivity index (χ0) is 17.1. The molecule has 3 atom stereocenters. The van der Waals surface area contributed by atoms with Crippen molar-refractivity contribution in [3.05, 3.63) is 24.2 Å². The predicted octanol–water partition coefficient (Wildman–Crippen LogP) is 6.08. The van der Waals surface area contributed by atoms with Crippen molar-refractivity contribution in [3.63, 3.8) is 0 Å². The van der Waals surface area contributed by atoms with E-state index in [9.17, 15) is 0 Å². The first-order valence-electron chi connectivity index (χ1n) is 9.11. The lowest BCUT2D eigenvalue weighted by atomic mass is 10.0. The average Bonchev–Trinajstić information content (AvgIpc) is 3.11. The molecule has 4 heteroatoms. The van der Waals surface area contributed by atoms with E-state index in [1.54, 1.807) is 6.26 Å². The van der Waals surface area contributed by atoms with Crippen molar-refractivity contribution in [1.82, 2.24) is 0 Å². The highest BCUT2D eigenvalue weighted by Gasteiger charge is 2.42. The largest absolute Gasteiger partial charge is 0.467 e. The Bertz CT molecular complexity index is 461. The third-order valence-electron chi connectivity index (χ3n) is 5.42. The van der Waals surface area contributed by atoms with Crippen LogP contribution in [0.15, 0.2) is 22.8 Å². The molecule has 2 rings (SSSR count). The number of unbranched alkanes of at least 4 members (excludes halogenated alkanes) is 1. The molecule has 1 aliphatic heterocycles. The van der Waals surface area contributed by atoms with Crippen LogP contribution in [0.4, 0.5) is 0 Å². The molecule has 0 N–H and O–H groups in total. The lowest BCUT2D eigenvalue weighted by molar-refractivity contribution is -0.0386. The minimum atomic E-state index is -1.78. The fourth-order valence-corrected chi connectivity index (χ4v) is 4.28. The van der Waals surface area contributed by atoms with E-state index in [-0.39, 0.29) is 23.4 Å². The van der Waals surface area contributed by atoms with Crippen molar-refractivity contribution < 1.29 is 13.6 Å². The van der Waals surface area contributed by atoms with Gasteiger partial charge in [0.05, 0.1) is 18.5 Å². The van der Waals surface area contributed by atoms with Gasteiger partial charge >= 0.3 is 0 Å². The van der Waals surface area contributed by atoms with Crippen LogP contribution in [-0.2, 0) is 9.16 Å². The quantitative estimate of drug-likeness (QED) is 0.565. The topological polar surface area (TPSA) is 31.6 Å². The second kappa shape index (κ2) is 7.54. The number of ether oxygens (including phenoxy) is 1. The number of hydrogen-bond acceptors (Lipinski definition) is 3. The van der Waals surface area contributed by atoms with E-state index in [1.165, 1.54) is 12.8 Å². The highest BCUT2D eigenvalue weighted by Crippen LogP contribution is 2.41. The van der Waals surface area contributed by atoms with Crippen LogP contribution >= 0.6 is 0 Å². The first-order chi connectivity index (χ1) is 10.7. The van der Waals surface area contributed by atoms with Crippen LogP contribution in [0.1, 0.15) is 71.7 Å². The summed E-state index contributed by atoms with van der Waals surface area (Å²) in [4.78, 5) is 0. The Hall–Kier alpha value is -0.583. The SMILES string of the molecule is CCCC[C@H](O[Si](C)(C)C(C)(C)C)[C@@H]1CC[C@@H](c2ccco2)O1. The van der Waals surface area contributed by atoms with Gasteiger partial charge in [0.15, 0.2) is 8.32 Å². The van der Waals surface area contributed by atoms with Crippen LogP contribution in [-0.4, -0.2) is 20.5 Å². The van der Waals surface area contributed by atoms with E-state index in [0.717, 1.165) is 25.0 Å². The van der Waals surface area contributed by atoms with Gasteiger partial charge in [-0.1, -0.05) is 40.5 Å². The van der Waals surface area contributed by atoms with Crippen molar-refractivity contribution >= 4 is 8.32 Å². The molecular formula is C19H34O3Si. The first-order valence-corrected chi connectivity index (χ1v) is 12.0. The third-order valence-corrected chi connectivity index (χ3v) is 9.93. The molecule has 3 nitrogen and oxygen atoms in total. The molecule has 0 spiro atoms. The Balaban J connectivity index is 2.04. The molecule has 0 aliphatic carbocycles. The fraction of sp³-hybridized carbons (Fsp3) is 0.789. The Labute approximate surface area is 142 Å². The molecular weight excluding hydrogens is 304 g/mol. The molecule has 1 aromatic rings. The maximum atomic E-state index is 6.74. The van der Waals surface area contributed by atoms with E-state index in [1.807, 2.05) is 12.1 Å². The van der Waals surface area contributed by atoms with Gasteiger partial charge in [0, 0.05) is 0 Å². The van der Waals surface area contributed by atoms with Crippen molar-refractivity contribution in [1.29, 1.82) is 0 Å². The molecule has 1 saturated heterocycles. The molecule has 0 amide bonds. The summed E-state index contributed by atoms with van der Waals surface area (Å²) in [6.07, 6.45) is 7.83. The monoisotopic (exact) mass is 338 g/mol. The number of rotatable bonds is 7. The number of furan rings is 1. The first kappa shape index (κ1) is 18.8. The van der Waals surface area contributed by atoms with Gasteiger partial charge in [-0.2, -0.15) is 0 Å². The van der Waals surface area contributed by atoms with Crippen molar-refractivity contribution in [2.24, 2.45) is 0 Å². The van der Waals surface area contributed by atoms with Crippen LogP contribution < -0.4 is 0 Å². The number of hydrogen-bond donors (Lipinski definition) is 0. The maximum Gasteiger partial charge on any atom is 0.192 e. The van der Waals surface area contributed by atoms with Crippen LogP contribution in [0.5, 0.6) is 0 Å². The second-order valence-corrected chi connectivity index (χ2v) is 13.1. The van der Waals surface area contributed by atoms with Gasteiger partial charge in [0.1, 0.15) is 11.9 Å². The fourth-order valence-electron chi connectivity index (χ4n) is 2.90. The molecule has 0 bridgehead atoms. The zero-order valence-corrected chi connectivity index (χ0v) is 16.7.